The maximum Gasteiger partial charge on any atom is 0.253 e. The Morgan fingerprint density at radius 1 is 1.11 bits per heavy atom. The molecule has 3 heterocycles. The third kappa shape index (κ3) is 4.40. The lowest BCUT2D eigenvalue weighted by molar-refractivity contribution is -0.00785. The van der Waals surface area contributed by atoms with Gasteiger partial charge in [0.1, 0.15) is 0 Å². The van der Waals surface area contributed by atoms with Crippen LogP contribution in [0.4, 0.5) is 0 Å². The fourth-order valence-electron chi connectivity index (χ4n) is 3.39. The first-order chi connectivity index (χ1) is 13.8. The minimum atomic E-state index is 0.0249. The molecular weight excluding hydrogens is 352 g/mol. The summed E-state index contributed by atoms with van der Waals surface area (Å²) in [4.78, 5) is 27.6. The molecule has 1 aliphatic rings. The quantitative estimate of drug-likeness (QED) is 0.685. The normalized spacial score (nSPS) is 16.7. The molecular formula is C22H22N4O2. The van der Waals surface area contributed by atoms with E-state index in [2.05, 4.69) is 15.0 Å². The van der Waals surface area contributed by atoms with Crippen LogP contribution in [-0.2, 0) is 11.3 Å². The molecule has 6 heteroatoms. The van der Waals surface area contributed by atoms with Gasteiger partial charge in [-0.2, -0.15) is 0 Å². The van der Waals surface area contributed by atoms with Gasteiger partial charge >= 0.3 is 0 Å². The molecule has 0 bridgehead atoms. The van der Waals surface area contributed by atoms with Gasteiger partial charge in [0, 0.05) is 42.8 Å². The third-order valence-electron chi connectivity index (χ3n) is 4.83. The number of hydrogen-bond acceptors (Lipinski definition) is 5. The number of benzene rings is 1. The van der Waals surface area contributed by atoms with Gasteiger partial charge in [0.05, 0.1) is 30.3 Å². The molecule has 1 fully saturated rings. The van der Waals surface area contributed by atoms with Gasteiger partial charge in [-0.15, -0.1) is 0 Å². The van der Waals surface area contributed by atoms with Gasteiger partial charge in [-0.25, -0.2) is 0 Å². The first kappa shape index (κ1) is 18.3. The summed E-state index contributed by atoms with van der Waals surface area (Å²) in [6.07, 6.45) is 8.67. The summed E-state index contributed by atoms with van der Waals surface area (Å²) in [6.45, 7) is 1.81. The zero-order valence-corrected chi connectivity index (χ0v) is 15.6. The molecule has 1 saturated heterocycles. The van der Waals surface area contributed by atoms with Gasteiger partial charge in [-0.3, -0.25) is 19.7 Å². The Morgan fingerprint density at radius 2 is 2.07 bits per heavy atom. The van der Waals surface area contributed by atoms with Crippen molar-refractivity contribution in [3.05, 3.63) is 78.5 Å². The molecule has 4 rings (SSSR count). The summed E-state index contributed by atoms with van der Waals surface area (Å²) >= 11 is 0. The van der Waals surface area contributed by atoms with Crippen LogP contribution in [0.5, 0.6) is 0 Å². The lowest BCUT2D eigenvalue weighted by Crippen LogP contribution is -2.43. The second-order valence-electron chi connectivity index (χ2n) is 6.82. The average Bonchev–Trinajstić information content (AvgIpc) is 2.79. The van der Waals surface area contributed by atoms with Crippen molar-refractivity contribution in [2.45, 2.75) is 25.6 Å². The highest BCUT2D eigenvalue weighted by molar-refractivity contribution is 5.95. The topological polar surface area (TPSA) is 68.2 Å². The van der Waals surface area contributed by atoms with E-state index in [1.165, 1.54) is 0 Å². The maximum atomic E-state index is 13.0. The van der Waals surface area contributed by atoms with Crippen molar-refractivity contribution >= 4 is 5.91 Å². The van der Waals surface area contributed by atoms with Gasteiger partial charge in [0.15, 0.2) is 0 Å². The highest BCUT2D eigenvalue weighted by atomic mass is 16.5. The van der Waals surface area contributed by atoms with Crippen LogP contribution >= 0.6 is 0 Å². The van der Waals surface area contributed by atoms with Gasteiger partial charge in [0.25, 0.3) is 5.91 Å². The predicted molar refractivity (Wildman–Crippen MR) is 105 cm³/mol. The van der Waals surface area contributed by atoms with E-state index >= 15 is 0 Å². The van der Waals surface area contributed by atoms with Crippen LogP contribution in [0, 0.1) is 0 Å². The molecule has 0 radical (unpaired) electrons. The number of likely N-dealkylation sites (tertiary alicyclic amines) is 1. The largest absolute Gasteiger partial charge is 0.370 e. The van der Waals surface area contributed by atoms with E-state index in [4.69, 9.17) is 4.74 Å². The summed E-state index contributed by atoms with van der Waals surface area (Å²) in [5, 5.41) is 0. The molecule has 1 amide bonds. The molecule has 0 spiro atoms. The average molecular weight is 374 g/mol. The molecule has 0 saturated carbocycles. The number of aromatic nitrogens is 3. The number of hydrogen-bond donors (Lipinski definition) is 0. The van der Waals surface area contributed by atoms with E-state index < -0.39 is 0 Å². The minimum Gasteiger partial charge on any atom is -0.370 e. The smallest absolute Gasteiger partial charge is 0.253 e. The lowest BCUT2D eigenvalue weighted by Gasteiger charge is -2.32. The fourth-order valence-corrected chi connectivity index (χ4v) is 3.39. The van der Waals surface area contributed by atoms with Crippen molar-refractivity contribution in [2.24, 2.45) is 0 Å². The fraction of sp³-hybridized carbons (Fsp3) is 0.273. The van der Waals surface area contributed by atoms with E-state index in [0.29, 0.717) is 18.7 Å². The molecule has 1 aliphatic heterocycles. The summed E-state index contributed by atoms with van der Waals surface area (Å²) in [5.74, 6) is 0.0249. The number of pyridine rings is 1. The van der Waals surface area contributed by atoms with Crippen molar-refractivity contribution in [1.29, 1.82) is 0 Å². The number of ether oxygens (including phenoxy) is 1. The van der Waals surface area contributed by atoms with Crippen LogP contribution in [0.3, 0.4) is 0 Å². The van der Waals surface area contributed by atoms with Crippen molar-refractivity contribution in [1.82, 2.24) is 19.9 Å². The highest BCUT2D eigenvalue weighted by Crippen LogP contribution is 2.21. The standard InChI is InChI=1S/C22H22N4O2/c27-22(18-6-3-5-17(13-18)21-14-23-10-11-25-21)26-12-4-8-20(15-26)28-16-19-7-1-2-9-24-19/h1-3,5-7,9-11,13-14,20H,4,8,12,15-16H2/t20-/m0/s1. The second kappa shape index (κ2) is 8.71. The van der Waals surface area contributed by atoms with Crippen molar-refractivity contribution in [2.75, 3.05) is 13.1 Å². The van der Waals surface area contributed by atoms with Crippen molar-refractivity contribution < 1.29 is 9.53 Å². The van der Waals surface area contributed by atoms with E-state index in [-0.39, 0.29) is 12.0 Å². The summed E-state index contributed by atoms with van der Waals surface area (Å²) < 4.78 is 6.00. The molecule has 0 unspecified atom stereocenters. The van der Waals surface area contributed by atoms with Crippen LogP contribution in [0.25, 0.3) is 11.3 Å². The first-order valence-electron chi connectivity index (χ1n) is 9.47. The molecule has 28 heavy (non-hydrogen) atoms. The maximum absolute atomic E-state index is 13.0. The molecule has 0 N–H and O–H groups in total. The zero-order chi connectivity index (χ0) is 19.2. The van der Waals surface area contributed by atoms with Crippen LogP contribution in [0.15, 0.2) is 67.3 Å². The van der Waals surface area contributed by atoms with Crippen molar-refractivity contribution in [3.63, 3.8) is 0 Å². The molecule has 1 aromatic carbocycles. The summed E-state index contributed by atoms with van der Waals surface area (Å²) in [6, 6.07) is 13.3. The molecule has 2 aromatic heterocycles. The third-order valence-corrected chi connectivity index (χ3v) is 4.83. The summed E-state index contributed by atoms with van der Waals surface area (Å²) in [5.41, 5.74) is 3.21. The first-order valence-corrected chi connectivity index (χ1v) is 9.47. The SMILES string of the molecule is O=C(c1cccc(-c2cnccn2)c1)N1CCC[C@H](OCc2ccccn2)C1. The van der Waals surface area contributed by atoms with Gasteiger partial charge in [-0.1, -0.05) is 18.2 Å². The number of carbonyl (C=O) groups excluding carboxylic acids is 1. The molecule has 6 nitrogen and oxygen atoms in total. The Morgan fingerprint density at radius 3 is 2.89 bits per heavy atom. The van der Waals surface area contributed by atoms with Crippen LogP contribution in [0.1, 0.15) is 28.9 Å². The predicted octanol–water partition coefficient (Wildman–Crippen LogP) is 3.36. The summed E-state index contributed by atoms with van der Waals surface area (Å²) in [7, 11) is 0. The van der Waals surface area contributed by atoms with E-state index in [1.54, 1.807) is 24.8 Å². The second-order valence-corrected chi connectivity index (χ2v) is 6.82. The number of rotatable bonds is 5. The van der Waals surface area contributed by atoms with Crippen molar-refractivity contribution in [3.8, 4) is 11.3 Å². The lowest BCUT2D eigenvalue weighted by atomic mass is 10.0. The van der Waals surface area contributed by atoms with Crippen LogP contribution in [0.2, 0.25) is 0 Å². The highest BCUT2D eigenvalue weighted by Gasteiger charge is 2.25. The van der Waals surface area contributed by atoms with E-state index in [1.807, 2.05) is 47.4 Å². The number of nitrogens with zero attached hydrogens (tertiary/aromatic N) is 4. The zero-order valence-electron chi connectivity index (χ0n) is 15.6. The Labute approximate surface area is 164 Å². The monoisotopic (exact) mass is 374 g/mol. The van der Waals surface area contributed by atoms with Crippen LogP contribution < -0.4 is 0 Å². The van der Waals surface area contributed by atoms with E-state index in [9.17, 15) is 4.79 Å². The number of piperidine rings is 1. The van der Waals surface area contributed by atoms with E-state index in [0.717, 1.165) is 36.3 Å². The van der Waals surface area contributed by atoms with Gasteiger partial charge in [0.2, 0.25) is 0 Å². The van der Waals surface area contributed by atoms with Crippen LogP contribution in [-0.4, -0.2) is 45.0 Å². The minimum absolute atomic E-state index is 0.0249. The molecule has 0 aliphatic carbocycles. The Balaban J connectivity index is 1.41. The number of amides is 1. The Kier molecular flexibility index (Phi) is 5.68. The van der Waals surface area contributed by atoms with Gasteiger partial charge in [-0.05, 0) is 37.1 Å². The number of carbonyl (C=O) groups is 1. The molecule has 1 atom stereocenters. The van der Waals surface area contributed by atoms with Gasteiger partial charge < -0.3 is 9.64 Å². The molecule has 142 valence electrons. The molecule has 3 aromatic rings. The Bertz CT molecular complexity index is 918. The Hall–Kier alpha value is -3.12.